The number of para-hydroxylation sites is 2. The number of hydrogen-bond donors (Lipinski definition) is 2. The van der Waals surface area contributed by atoms with Crippen LogP contribution in [0.2, 0.25) is 10.0 Å². The van der Waals surface area contributed by atoms with Crippen LogP contribution in [-0.4, -0.2) is 0 Å². The first-order valence-electron chi connectivity index (χ1n) is 13.7. The van der Waals surface area contributed by atoms with E-state index in [0.717, 1.165) is 22.7 Å². The third-order valence-electron chi connectivity index (χ3n) is 8.40. The van der Waals surface area contributed by atoms with E-state index in [1.165, 1.54) is 44.5 Å². The van der Waals surface area contributed by atoms with Crippen molar-refractivity contribution in [2.75, 3.05) is 10.6 Å². The SMILES string of the molecule is Clc1ccccc1Nc1ccc2c(c1)-c1cc(Nc3ccccc3Cl)ccc1C21c2ccccc2-c2ccccc21. The van der Waals surface area contributed by atoms with E-state index in [1.54, 1.807) is 0 Å². The number of nitrogens with one attached hydrogen (secondary N) is 2. The lowest BCUT2D eigenvalue weighted by Crippen LogP contribution is -2.25. The number of benzene rings is 6. The topological polar surface area (TPSA) is 24.1 Å². The first-order chi connectivity index (χ1) is 20.1. The molecule has 8 rings (SSSR count). The van der Waals surface area contributed by atoms with Crippen LogP contribution in [0.15, 0.2) is 133 Å². The zero-order valence-corrected chi connectivity index (χ0v) is 23.5. The Balaban J connectivity index is 1.37. The van der Waals surface area contributed by atoms with Gasteiger partial charge in [-0.25, -0.2) is 0 Å². The van der Waals surface area contributed by atoms with Crippen molar-refractivity contribution >= 4 is 46.0 Å². The highest BCUT2D eigenvalue weighted by Gasteiger charge is 2.51. The van der Waals surface area contributed by atoms with Crippen LogP contribution < -0.4 is 10.6 Å². The van der Waals surface area contributed by atoms with E-state index in [0.29, 0.717) is 10.0 Å². The summed E-state index contributed by atoms with van der Waals surface area (Å²) in [7, 11) is 0. The summed E-state index contributed by atoms with van der Waals surface area (Å²) >= 11 is 13.0. The van der Waals surface area contributed by atoms with Gasteiger partial charge in [-0.1, -0.05) is 108 Å². The minimum absolute atomic E-state index is 0.399. The van der Waals surface area contributed by atoms with Gasteiger partial charge in [-0.3, -0.25) is 0 Å². The van der Waals surface area contributed by atoms with Crippen LogP contribution in [0.25, 0.3) is 22.3 Å². The largest absolute Gasteiger partial charge is 0.354 e. The van der Waals surface area contributed by atoms with Crippen molar-refractivity contribution in [2.45, 2.75) is 5.41 Å². The summed E-state index contributed by atoms with van der Waals surface area (Å²) in [5.74, 6) is 0. The second kappa shape index (κ2) is 9.27. The quantitative estimate of drug-likeness (QED) is 0.221. The number of halogens is 2. The third-order valence-corrected chi connectivity index (χ3v) is 9.05. The minimum atomic E-state index is -0.399. The molecular weight excluding hydrogens is 543 g/mol. The molecule has 41 heavy (non-hydrogen) atoms. The highest BCUT2D eigenvalue weighted by atomic mass is 35.5. The van der Waals surface area contributed by atoms with Crippen LogP contribution in [0, 0.1) is 0 Å². The monoisotopic (exact) mass is 566 g/mol. The third kappa shape index (κ3) is 3.58. The van der Waals surface area contributed by atoms with Gasteiger partial charge in [0, 0.05) is 11.4 Å². The van der Waals surface area contributed by atoms with Crippen LogP contribution in [0.4, 0.5) is 22.7 Å². The Bertz CT molecular complexity index is 1850. The number of hydrogen-bond acceptors (Lipinski definition) is 2. The lowest BCUT2D eigenvalue weighted by molar-refractivity contribution is 0.794. The van der Waals surface area contributed by atoms with Gasteiger partial charge < -0.3 is 10.6 Å². The van der Waals surface area contributed by atoms with E-state index < -0.39 is 5.41 Å². The van der Waals surface area contributed by atoms with Crippen LogP contribution in [-0.2, 0) is 5.41 Å². The summed E-state index contributed by atoms with van der Waals surface area (Å²) in [6.45, 7) is 0. The molecule has 0 aliphatic heterocycles. The van der Waals surface area contributed by atoms with Crippen molar-refractivity contribution in [1.82, 2.24) is 0 Å². The highest BCUT2D eigenvalue weighted by molar-refractivity contribution is 6.33. The molecule has 0 aromatic heterocycles. The molecule has 0 saturated carbocycles. The van der Waals surface area contributed by atoms with Crippen molar-refractivity contribution in [2.24, 2.45) is 0 Å². The summed E-state index contributed by atoms with van der Waals surface area (Å²) < 4.78 is 0. The predicted molar refractivity (Wildman–Crippen MR) is 172 cm³/mol. The van der Waals surface area contributed by atoms with Gasteiger partial charge in [0.1, 0.15) is 0 Å². The summed E-state index contributed by atoms with van der Waals surface area (Å²) in [6, 6.07) is 46.8. The lowest BCUT2D eigenvalue weighted by Gasteiger charge is -2.30. The molecule has 0 amide bonds. The Kier molecular flexibility index (Phi) is 5.50. The van der Waals surface area contributed by atoms with Crippen LogP contribution in [0.5, 0.6) is 0 Å². The molecule has 0 saturated heterocycles. The van der Waals surface area contributed by atoms with Crippen molar-refractivity contribution < 1.29 is 0 Å². The fourth-order valence-corrected chi connectivity index (χ4v) is 7.11. The molecule has 2 aliphatic carbocycles. The number of rotatable bonds is 4. The molecule has 2 N–H and O–H groups in total. The molecule has 0 heterocycles. The maximum absolute atomic E-state index is 6.51. The molecule has 2 nitrogen and oxygen atoms in total. The molecule has 0 unspecified atom stereocenters. The van der Waals surface area contributed by atoms with Crippen LogP contribution in [0.1, 0.15) is 22.3 Å². The average molecular weight is 568 g/mol. The number of fused-ring (bicyclic) bond motifs is 10. The van der Waals surface area contributed by atoms with Crippen molar-refractivity contribution in [3.8, 4) is 22.3 Å². The Morgan fingerprint density at radius 1 is 0.390 bits per heavy atom. The van der Waals surface area contributed by atoms with Gasteiger partial charge in [-0.05, 0) is 93.0 Å². The molecule has 0 fully saturated rings. The van der Waals surface area contributed by atoms with E-state index in [9.17, 15) is 0 Å². The normalized spacial score (nSPS) is 13.3. The second-order valence-electron chi connectivity index (χ2n) is 10.6. The fraction of sp³-hybridized carbons (Fsp3) is 0.0270. The van der Waals surface area contributed by atoms with E-state index in [2.05, 4.69) is 95.6 Å². The van der Waals surface area contributed by atoms with E-state index in [1.807, 2.05) is 48.5 Å². The average Bonchev–Trinajstić information content (AvgIpc) is 3.46. The highest BCUT2D eigenvalue weighted by Crippen LogP contribution is 2.63. The Morgan fingerprint density at radius 2 is 0.780 bits per heavy atom. The second-order valence-corrected chi connectivity index (χ2v) is 11.4. The first-order valence-corrected chi connectivity index (χ1v) is 14.4. The molecule has 4 heteroatoms. The lowest BCUT2D eigenvalue weighted by atomic mass is 9.70. The maximum Gasteiger partial charge on any atom is 0.0725 e. The summed E-state index contributed by atoms with van der Waals surface area (Å²) in [5.41, 5.74) is 13.5. The summed E-state index contributed by atoms with van der Waals surface area (Å²) in [6.07, 6.45) is 0. The zero-order valence-electron chi connectivity index (χ0n) is 22.0. The molecule has 0 bridgehead atoms. The molecular formula is C37H24Cl2N2. The zero-order chi connectivity index (χ0) is 27.6. The Labute approximate surface area is 249 Å². The van der Waals surface area contributed by atoms with Crippen molar-refractivity contribution in [3.63, 3.8) is 0 Å². The minimum Gasteiger partial charge on any atom is -0.354 e. The molecule has 0 radical (unpaired) electrons. The Morgan fingerprint density at radius 3 is 1.24 bits per heavy atom. The van der Waals surface area contributed by atoms with Gasteiger partial charge in [-0.15, -0.1) is 0 Å². The molecule has 196 valence electrons. The van der Waals surface area contributed by atoms with Gasteiger partial charge in [0.15, 0.2) is 0 Å². The van der Waals surface area contributed by atoms with Crippen molar-refractivity contribution in [1.29, 1.82) is 0 Å². The van der Waals surface area contributed by atoms with Gasteiger partial charge >= 0.3 is 0 Å². The molecule has 6 aromatic rings. The van der Waals surface area contributed by atoms with Crippen LogP contribution in [0.3, 0.4) is 0 Å². The number of anilines is 4. The molecule has 1 spiro atoms. The standard InChI is InChI=1S/C37H24Cl2N2/c38-33-13-5-7-15-35(33)40-23-17-19-31-27(21-23)28-22-24(41-36-16-8-6-14-34(36)39)18-20-32(28)37(31)29-11-3-1-9-25(29)26-10-2-4-12-30(26)37/h1-22,40-41H. The smallest absolute Gasteiger partial charge is 0.0725 e. The van der Waals surface area contributed by atoms with E-state index in [-0.39, 0.29) is 0 Å². The van der Waals surface area contributed by atoms with Crippen LogP contribution >= 0.6 is 23.2 Å². The van der Waals surface area contributed by atoms with Crippen molar-refractivity contribution in [3.05, 3.63) is 166 Å². The van der Waals surface area contributed by atoms with E-state index >= 15 is 0 Å². The van der Waals surface area contributed by atoms with Gasteiger partial charge in [-0.2, -0.15) is 0 Å². The molecule has 2 aliphatic rings. The summed E-state index contributed by atoms with van der Waals surface area (Å²) in [5, 5.41) is 8.47. The van der Waals surface area contributed by atoms with Gasteiger partial charge in [0.25, 0.3) is 0 Å². The predicted octanol–water partition coefficient (Wildman–Crippen LogP) is 10.8. The molecule has 0 atom stereocenters. The van der Waals surface area contributed by atoms with Gasteiger partial charge in [0.05, 0.1) is 26.8 Å². The first kappa shape index (κ1) is 24.3. The fourth-order valence-electron chi connectivity index (χ4n) is 6.74. The Hall–Kier alpha value is -4.50. The maximum atomic E-state index is 6.51. The molecule has 6 aromatic carbocycles. The van der Waals surface area contributed by atoms with E-state index in [4.69, 9.17) is 23.2 Å². The summed E-state index contributed by atoms with van der Waals surface area (Å²) in [4.78, 5) is 0. The van der Waals surface area contributed by atoms with Gasteiger partial charge in [0.2, 0.25) is 0 Å².